The van der Waals surface area contributed by atoms with E-state index in [1.54, 1.807) is 18.3 Å². The first-order valence-corrected chi connectivity index (χ1v) is 8.30. The molecule has 6 heteroatoms. The van der Waals surface area contributed by atoms with Gasteiger partial charge in [-0.1, -0.05) is 12.1 Å². The van der Waals surface area contributed by atoms with Crippen molar-refractivity contribution >= 4 is 23.2 Å². The summed E-state index contributed by atoms with van der Waals surface area (Å²) in [5.74, 6) is 0.350. The highest BCUT2D eigenvalue weighted by Gasteiger charge is 2.09. The molecule has 2 aromatic heterocycles. The summed E-state index contributed by atoms with van der Waals surface area (Å²) in [6.45, 7) is 4.03. The summed E-state index contributed by atoms with van der Waals surface area (Å²) in [5.41, 5.74) is 8.77. The number of rotatable bonds is 4. The summed E-state index contributed by atoms with van der Waals surface area (Å²) in [7, 11) is 0. The van der Waals surface area contributed by atoms with E-state index in [4.69, 9.17) is 0 Å². The molecule has 0 atom stereocenters. The Kier molecular flexibility index (Phi) is 4.01. The molecule has 4 rings (SSSR count). The van der Waals surface area contributed by atoms with Gasteiger partial charge in [-0.2, -0.15) is 5.10 Å². The second-order valence-corrected chi connectivity index (χ2v) is 6.11. The average molecular weight is 347 g/mol. The Hall–Kier alpha value is -3.41. The van der Waals surface area contributed by atoms with Crippen molar-refractivity contribution in [2.24, 2.45) is 5.10 Å². The molecular weight excluding hydrogens is 329 g/mol. The number of aryl methyl sites for hydroxylation is 1. The van der Waals surface area contributed by atoms with Crippen LogP contribution in [-0.4, -0.2) is 20.7 Å². The number of fused-ring (bicyclic) bond motifs is 1. The zero-order valence-electron chi connectivity index (χ0n) is 14.5. The molecule has 2 aromatic carbocycles. The Morgan fingerprint density at radius 1 is 1.12 bits per heavy atom. The van der Waals surface area contributed by atoms with E-state index < -0.39 is 0 Å². The van der Waals surface area contributed by atoms with Crippen LogP contribution in [0.1, 0.15) is 17.0 Å². The van der Waals surface area contributed by atoms with E-state index in [1.165, 1.54) is 12.1 Å². The minimum absolute atomic E-state index is 0.243. The molecule has 0 saturated carbocycles. The minimum Gasteiger partial charge on any atom is -0.323 e. The quantitative estimate of drug-likeness (QED) is 0.420. The maximum atomic E-state index is 13.2. The third-order valence-electron chi connectivity index (χ3n) is 4.32. The van der Waals surface area contributed by atoms with Gasteiger partial charge in [-0.25, -0.2) is 14.8 Å². The fraction of sp³-hybridized carbons (Fsp3) is 0.100. The van der Waals surface area contributed by atoms with Crippen molar-refractivity contribution in [3.8, 4) is 5.69 Å². The van der Waals surface area contributed by atoms with Gasteiger partial charge in [0.2, 0.25) is 5.95 Å². The van der Waals surface area contributed by atoms with Crippen molar-refractivity contribution in [2.45, 2.75) is 13.8 Å². The molecule has 5 nitrogen and oxygen atoms in total. The summed E-state index contributed by atoms with van der Waals surface area (Å²) in [4.78, 5) is 7.59. The fourth-order valence-electron chi connectivity index (χ4n) is 3.07. The number of hydrogen-bond donors (Lipinski definition) is 2. The van der Waals surface area contributed by atoms with E-state index in [9.17, 15) is 4.39 Å². The Bertz CT molecular complexity index is 1060. The van der Waals surface area contributed by atoms with Crippen molar-refractivity contribution in [1.82, 2.24) is 14.5 Å². The summed E-state index contributed by atoms with van der Waals surface area (Å²) >= 11 is 0. The second-order valence-electron chi connectivity index (χ2n) is 6.11. The highest BCUT2D eigenvalue weighted by atomic mass is 19.1. The number of H-pyrrole nitrogens is 1. The Labute approximate surface area is 150 Å². The summed E-state index contributed by atoms with van der Waals surface area (Å²) < 4.78 is 15.2. The molecule has 0 bridgehead atoms. The number of hydrazone groups is 1. The molecule has 0 spiro atoms. The third-order valence-corrected chi connectivity index (χ3v) is 4.32. The topological polar surface area (TPSA) is 58.0 Å². The SMILES string of the molecule is Cc1cc(/C=N\Nc2nc3ccccc3[nH]2)c(C)n1-c1ccc(F)cc1. The number of halogens is 1. The van der Waals surface area contributed by atoms with Crippen LogP contribution < -0.4 is 5.43 Å². The molecule has 0 aliphatic rings. The van der Waals surface area contributed by atoms with Gasteiger partial charge in [0.05, 0.1) is 17.2 Å². The lowest BCUT2D eigenvalue weighted by atomic mass is 10.2. The molecule has 0 aliphatic heterocycles. The monoisotopic (exact) mass is 347 g/mol. The number of nitrogens with zero attached hydrogens (tertiary/aromatic N) is 3. The average Bonchev–Trinajstić information content (AvgIpc) is 3.17. The lowest BCUT2D eigenvalue weighted by Gasteiger charge is -2.09. The van der Waals surface area contributed by atoms with Crippen LogP contribution in [0.15, 0.2) is 59.7 Å². The standard InChI is InChI=1S/C20H18FN5/c1-13-11-15(14(2)26(13)17-9-7-16(21)8-10-17)12-22-25-20-23-18-5-3-4-6-19(18)24-20/h3-12H,1-2H3,(H2,23,24,25)/b22-12-. The van der Waals surface area contributed by atoms with Gasteiger partial charge in [0.25, 0.3) is 0 Å². The second kappa shape index (κ2) is 6.48. The number of anilines is 1. The van der Waals surface area contributed by atoms with E-state index in [-0.39, 0.29) is 5.82 Å². The van der Waals surface area contributed by atoms with Crippen LogP contribution >= 0.6 is 0 Å². The minimum atomic E-state index is -0.243. The number of hydrogen-bond acceptors (Lipinski definition) is 3. The number of nitrogens with one attached hydrogen (secondary N) is 2. The highest BCUT2D eigenvalue weighted by molar-refractivity contribution is 5.83. The molecular formula is C20H18FN5. The number of aromatic nitrogens is 3. The van der Waals surface area contributed by atoms with Crippen molar-refractivity contribution in [2.75, 3.05) is 5.43 Å². The van der Waals surface area contributed by atoms with Crippen LogP contribution in [-0.2, 0) is 0 Å². The molecule has 0 saturated heterocycles. The van der Waals surface area contributed by atoms with Crippen molar-refractivity contribution in [3.63, 3.8) is 0 Å². The van der Waals surface area contributed by atoms with Gasteiger partial charge >= 0.3 is 0 Å². The zero-order valence-corrected chi connectivity index (χ0v) is 14.5. The summed E-state index contributed by atoms with van der Waals surface area (Å²) in [5, 5.41) is 4.29. The molecule has 0 aliphatic carbocycles. The van der Waals surface area contributed by atoms with E-state index in [0.29, 0.717) is 5.95 Å². The lowest BCUT2D eigenvalue weighted by molar-refractivity contribution is 0.627. The van der Waals surface area contributed by atoms with Crippen LogP contribution in [0, 0.1) is 19.7 Å². The maximum Gasteiger partial charge on any atom is 0.222 e. The molecule has 0 unspecified atom stereocenters. The van der Waals surface area contributed by atoms with Gasteiger partial charge < -0.3 is 9.55 Å². The Balaban J connectivity index is 1.57. The lowest BCUT2D eigenvalue weighted by Crippen LogP contribution is -2.00. The number of para-hydroxylation sites is 2. The van der Waals surface area contributed by atoms with E-state index >= 15 is 0 Å². The Morgan fingerprint density at radius 3 is 2.65 bits per heavy atom. The van der Waals surface area contributed by atoms with E-state index in [1.807, 2.05) is 44.2 Å². The van der Waals surface area contributed by atoms with Gasteiger partial charge in [0.15, 0.2) is 0 Å². The molecule has 0 fully saturated rings. The fourth-order valence-corrected chi connectivity index (χ4v) is 3.07. The molecule has 2 N–H and O–H groups in total. The molecule has 130 valence electrons. The van der Waals surface area contributed by atoms with Crippen LogP contribution in [0.25, 0.3) is 16.7 Å². The van der Waals surface area contributed by atoms with Gasteiger partial charge in [-0.05, 0) is 56.3 Å². The largest absolute Gasteiger partial charge is 0.323 e. The van der Waals surface area contributed by atoms with Crippen molar-refractivity contribution in [3.05, 3.63) is 77.4 Å². The smallest absolute Gasteiger partial charge is 0.222 e. The van der Waals surface area contributed by atoms with E-state index in [0.717, 1.165) is 33.7 Å². The maximum absolute atomic E-state index is 13.2. The van der Waals surface area contributed by atoms with Crippen molar-refractivity contribution in [1.29, 1.82) is 0 Å². The molecule has 0 radical (unpaired) electrons. The van der Waals surface area contributed by atoms with Crippen LogP contribution in [0.4, 0.5) is 10.3 Å². The molecule has 26 heavy (non-hydrogen) atoms. The highest BCUT2D eigenvalue weighted by Crippen LogP contribution is 2.20. The molecule has 2 heterocycles. The van der Waals surface area contributed by atoms with Gasteiger partial charge in [0.1, 0.15) is 5.82 Å². The first-order valence-electron chi connectivity index (χ1n) is 8.30. The Morgan fingerprint density at radius 2 is 1.88 bits per heavy atom. The van der Waals surface area contributed by atoms with Crippen LogP contribution in [0.2, 0.25) is 0 Å². The predicted octanol–water partition coefficient (Wildman–Crippen LogP) is 4.56. The summed E-state index contributed by atoms with van der Waals surface area (Å²) in [6.07, 6.45) is 1.76. The van der Waals surface area contributed by atoms with Crippen LogP contribution in [0.5, 0.6) is 0 Å². The third kappa shape index (κ3) is 2.97. The number of imidazole rings is 1. The van der Waals surface area contributed by atoms with Gasteiger partial charge in [-0.3, -0.25) is 0 Å². The number of aromatic amines is 1. The first-order chi connectivity index (χ1) is 12.6. The van der Waals surface area contributed by atoms with Crippen molar-refractivity contribution < 1.29 is 4.39 Å². The number of benzene rings is 2. The predicted molar refractivity (Wildman–Crippen MR) is 103 cm³/mol. The normalized spacial score (nSPS) is 11.5. The van der Waals surface area contributed by atoms with Crippen LogP contribution in [0.3, 0.4) is 0 Å². The molecule has 0 amide bonds. The first kappa shape index (κ1) is 16.1. The van der Waals surface area contributed by atoms with Gasteiger partial charge in [0, 0.05) is 22.6 Å². The molecule has 4 aromatic rings. The zero-order chi connectivity index (χ0) is 18.1. The van der Waals surface area contributed by atoms with Gasteiger partial charge in [-0.15, -0.1) is 0 Å². The van der Waals surface area contributed by atoms with E-state index in [2.05, 4.69) is 25.1 Å². The summed E-state index contributed by atoms with van der Waals surface area (Å²) in [6, 6.07) is 16.3.